The second-order valence-electron chi connectivity index (χ2n) is 8.04. The van der Waals surface area contributed by atoms with Crippen LogP contribution in [0.3, 0.4) is 0 Å². The van der Waals surface area contributed by atoms with Crippen LogP contribution in [0.15, 0.2) is 48.8 Å². The van der Waals surface area contributed by atoms with Crippen molar-refractivity contribution >= 4 is 44.1 Å². The van der Waals surface area contributed by atoms with Crippen molar-refractivity contribution in [1.29, 1.82) is 0 Å². The predicted molar refractivity (Wildman–Crippen MR) is 122 cm³/mol. The molecule has 6 rings (SSSR count). The zero-order chi connectivity index (χ0) is 20.1. The van der Waals surface area contributed by atoms with Crippen LogP contribution in [-0.2, 0) is 12.8 Å². The van der Waals surface area contributed by atoms with E-state index >= 15 is 0 Å². The molecule has 6 heteroatoms. The van der Waals surface area contributed by atoms with Gasteiger partial charge in [-0.05, 0) is 41.7 Å². The van der Waals surface area contributed by atoms with E-state index in [1.165, 1.54) is 28.7 Å². The number of aromatic nitrogens is 2. The fourth-order valence-electron chi connectivity index (χ4n) is 4.86. The van der Waals surface area contributed by atoms with Crippen LogP contribution in [0, 0.1) is 0 Å². The monoisotopic (exact) mass is 414 g/mol. The van der Waals surface area contributed by atoms with Gasteiger partial charge in [-0.3, -0.25) is 4.79 Å². The molecule has 0 bridgehead atoms. The van der Waals surface area contributed by atoms with E-state index in [1.54, 1.807) is 6.33 Å². The first-order chi connectivity index (χ1) is 14.8. The molecule has 2 aliphatic rings. The average Bonchev–Trinajstić information content (AvgIpc) is 3.39. The van der Waals surface area contributed by atoms with Gasteiger partial charge in [-0.1, -0.05) is 36.4 Å². The van der Waals surface area contributed by atoms with E-state index in [0.29, 0.717) is 13.1 Å². The molecule has 1 aliphatic carbocycles. The van der Waals surface area contributed by atoms with Crippen LogP contribution in [0.25, 0.3) is 21.0 Å². The van der Waals surface area contributed by atoms with Gasteiger partial charge < -0.3 is 9.80 Å². The SMILES string of the molecule is O=C(c1cccc2ccccc12)N1CCN(c2ncnc3sc4c(c23)CCC4)CC1. The van der Waals surface area contributed by atoms with Crippen molar-refractivity contribution in [3.63, 3.8) is 0 Å². The Kier molecular flexibility index (Phi) is 4.20. The fraction of sp³-hybridized carbons (Fsp3) is 0.292. The Morgan fingerprint density at radius 1 is 0.933 bits per heavy atom. The lowest BCUT2D eigenvalue weighted by molar-refractivity contribution is 0.0748. The molecule has 0 atom stereocenters. The van der Waals surface area contributed by atoms with Gasteiger partial charge in [0.1, 0.15) is 17.0 Å². The zero-order valence-electron chi connectivity index (χ0n) is 16.7. The van der Waals surface area contributed by atoms with E-state index in [-0.39, 0.29) is 5.91 Å². The first-order valence-corrected chi connectivity index (χ1v) is 11.4. The zero-order valence-corrected chi connectivity index (χ0v) is 17.5. The topological polar surface area (TPSA) is 49.3 Å². The van der Waals surface area contributed by atoms with Gasteiger partial charge in [0.2, 0.25) is 0 Å². The van der Waals surface area contributed by atoms with Crippen molar-refractivity contribution in [2.45, 2.75) is 19.3 Å². The van der Waals surface area contributed by atoms with Crippen LogP contribution >= 0.6 is 11.3 Å². The molecule has 0 spiro atoms. The number of rotatable bonds is 2. The minimum Gasteiger partial charge on any atom is -0.352 e. The number of aryl methyl sites for hydroxylation is 2. The summed E-state index contributed by atoms with van der Waals surface area (Å²) in [6, 6.07) is 14.1. The lowest BCUT2D eigenvalue weighted by Gasteiger charge is -2.36. The number of carbonyl (C=O) groups excluding carboxylic acids is 1. The third-order valence-corrected chi connectivity index (χ3v) is 7.57. The van der Waals surface area contributed by atoms with Gasteiger partial charge in [-0.15, -0.1) is 11.3 Å². The molecule has 0 N–H and O–H groups in total. The van der Waals surface area contributed by atoms with Gasteiger partial charge in [0.25, 0.3) is 5.91 Å². The van der Waals surface area contributed by atoms with Crippen LogP contribution in [0.1, 0.15) is 27.2 Å². The highest BCUT2D eigenvalue weighted by Gasteiger charge is 2.27. The summed E-state index contributed by atoms with van der Waals surface area (Å²) in [5.41, 5.74) is 2.25. The highest BCUT2D eigenvalue weighted by atomic mass is 32.1. The van der Waals surface area contributed by atoms with Crippen molar-refractivity contribution < 1.29 is 4.79 Å². The predicted octanol–water partition coefficient (Wildman–Crippen LogP) is 4.30. The Morgan fingerprint density at radius 3 is 2.67 bits per heavy atom. The second-order valence-corrected chi connectivity index (χ2v) is 9.12. The van der Waals surface area contributed by atoms with Crippen molar-refractivity contribution in [3.8, 4) is 0 Å². The fourth-order valence-corrected chi connectivity index (χ4v) is 6.08. The van der Waals surface area contributed by atoms with E-state index in [4.69, 9.17) is 0 Å². The standard InChI is InChI=1S/C24H22N4OS/c29-24(18-8-3-6-16-5-1-2-7-17(16)18)28-13-11-27(12-14-28)22-21-19-9-4-10-20(19)30-23(21)26-15-25-22/h1-3,5-8,15H,4,9-14H2. The van der Waals surface area contributed by atoms with E-state index in [9.17, 15) is 4.79 Å². The largest absolute Gasteiger partial charge is 0.352 e. The summed E-state index contributed by atoms with van der Waals surface area (Å²) in [4.78, 5) is 29.4. The van der Waals surface area contributed by atoms with Crippen molar-refractivity contribution in [3.05, 3.63) is 64.8 Å². The van der Waals surface area contributed by atoms with Crippen LogP contribution in [0.5, 0.6) is 0 Å². The van der Waals surface area contributed by atoms with Gasteiger partial charge in [-0.2, -0.15) is 0 Å². The Bertz CT molecular complexity index is 1270. The summed E-state index contributed by atoms with van der Waals surface area (Å²) in [6.07, 6.45) is 5.23. The molecule has 0 radical (unpaired) electrons. The lowest BCUT2D eigenvalue weighted by atomic mass is 10.0. The van der Waals surface area contributed by atoms with Gasteiger partial charge in [-0.25, -0.2) is 9.97 Å². The van der Waals surface area contributed by atoms with E-state index in [1.807, 2.05) is 46.6 Å². The molecule has 1 fully saturated rings. The number of benzene rings is 2. The minimum atomic E-state index is 0.121. The Morgan fingerprint density at radius 2 is 1.77 bits per heavy atom. The molecule has 2 aromatic heterocycles. The quantitative estimate of drug-likeness (QED) is 0.491. The summed E-state index contributed by atoms with van der Waals surface area (Å²) in [7, 11) is 0. The summed E-state index contributed by atoms with van der Waals surface area (Å²) in [5.74, 6) is 1.17. The number of nitrogens with zero attached hydrogens (tertiary/aromatic N) is 4. The highest BCUT2D eigenvalue weighted by Crippen LogP contribution is 2.40. The molecule has 5 nitrogen and oxygen atoms in total. The smallest absolute Gasteiger partial charge is 0.254 e. The van der Waals surface area contributed by atoms with Gasteiger partial charge in [0.15, 0.2) is 0 Å². The summed E-state index contributed by atoms with van der Waals surface area (Å²) in [5, 5.41) is 3.39. The third kappa shape index (κ3) is 2.78. The number of hydrogen-bond acceptors (Lipinski definition) is 5. The number of thiophene rings is 1. The summed E-state index contributed by atoms with van der Waals surface area (Å²) >= 11 is 1.83. The second kappa shape index (κ2) is 7.06. The molecule has 1 saturated heterocycles. The van der Waals surface area contributed by atoms with Crippen LogP contribution in [0.4, 0.5) is 5.82 Å². The molecule has 0 saturated carbocycles. The van der Waals surface area contributed by atoms with Gasteiger partial charge >= 0.3 is 0 Å². The Balaban J connectivity index is 1.26. The molecule has 4 aromatic rings. The van der Waals surface area contributed by atoms with Crippen molar-refractivity contribution in [2.24, 2.45) is 0 Å². The van der Waals surface area contributed by atoms with Crippen LogP contribution < -0.4 is 4.90 Å². The first kappa shape index (κ1) is 17.8. The normalized spacial score (nSPS) is 16.4. The maximum absolute atomic E-state index is 13.3. The molecular formula is C24H22N4OS. The molecule has 2 aromatic carbocycles. The molecular weight excluding hydrogens is 392 g/mol. The lowest BCUT2D eigenvalue weighted by Crippen LogP contribution is -2.49. The molecule has 0 unspecified atom stereocenters. The highest BCUT2D eigenvalue weighted by molar-refractivity contribution is 7.19. The Labute approximate surface area is 179 Å². The molecule has 1 aliphatic heterocycles. The molecule has 150 valence electrons. The number of carbonyl (C=O) groups is 1. The van der Waals surface area contributed by atoms with Crippen molar-refractivity contribution in [2.75, 3.05) is 31.1 Å². The number of fused-ring (bicyclic) bond motifs is 4. The number of amides is 1. The first-order valence-electron chi connectivity index (χ1n) is 10.6. The van der Waals surface area contributed by atoms with E-state index in [0.717, 1.165) is 46.5 Å². The number of hydrogen-bond donors (Lipinski definition) is 0. The van der Waals surface area contributed by atoms with E-state index in [2.05, 4.69) is 27.0 Å². The Hall–Kier alpha value is -2.99. The molecule has 30 heavy (non-hydrogen) atoms. The number of piperazine rings is 1. The van der Waals surface area contributed by atoms with E-state index < -0.39 is 0 Å². The summed E-state index contributed by atoms with van der Waals surface area (Å²) in [6.45, 7) is 3.01. The maximum Gasteiger partial charge on any atom is 0.254 e. The average molecular weight is 415 g/mol. The number of anilines is 1. The minimum absolute atomic E-state index is 0.121. The van der Waals surface area contributed by atoms with Gasteiger partial charge in [0, 0.05) is 36.6 Å². The maximum atomic E-state index is 13.3. The van der Waals surface area contributed by atoms with Crippen LogP contribution in [-0.4, -0.2) is 47.0 Å². The van der Waals surface area contributed by atoms with Gasteiger partial charge in [0.05, 0.1) is 5.39 Å². The third-order valence-electron chi connectivity index (χ3n) is 6.37. The molecule has 3 heterocycles. The molecule has 1 amide bonds. The van der Waals surface area contributed by atoms with Crippen molar-refractivity contribution in [1.82, 2.24) is 14.9 Å². The van der Waals surface area contributed by atoms with Crippen LogP contribution in [0.2, 0.25) is 0 Å². The summed E-state index contributed by atoms with van der Waals surface area (Å²) < 4.78 is 0.